The predicted octanol–water partition coefficient (Wildman–Crippen LogP) is 16.4. The number of rotatable bonds is 7. The summed E-state index contributed by atoms with van der Waals surface area (Å²) in [6.07, 6.45) is 0. The van der Waals surface area contributed by atoms with Crippen molar-refractivity contribution >= 4 is 39.0 Å². The summed E-state index contributed by atoms with van der Waals surface area (Å²) in [7, 11) is 0. The second-order valence-corrected chi connectivity index (χ2v) is 17.7. The molecular formula is C63H43NO. The lowest BCUT2D eigenvalue weighted by Crippen LogP contribution is -2.28. The van der Waals surface area contributed by atoms with E-state index in [1.807, 2.05) is 12.1 Å². The van der Waals surface area contributed by atoms with E-state index in [-0.39, 0.29) is 5.41 Å². The van der Waals surface area contributed by atoms with Gasteiger partial charge in [-0.2, -0.15) is 0 Å². The van der Waals surface area contributed by atoms with Gasteiger partial charge in [0.2, 0.25) is 0 Å². The van der Waals surface area contributed by atoms with Crippen LogP contribution >= 0.6 is 0 Å². The fourth-order valence-electron chi connectivity index (χ4n) is 11.5. The van der Waals surface area contributed by atoms with Gasteiger partial charge in [0, 0.05) is 33.1 Å². The van der Waals surface area contributed by atoms with Crippen molar-refractivity contribution in [2.24, 2.45) is 0 Å². The highest BCUT2D eigenvalue weighted by atomic mass is 16.3. The van der Waals surface area contributed by atoms with Gasteiger partial charge in [-0.25, -0.2) is 0 Å². The van der Waals surface area contributed by atoms with E-state index in [2.05, 4.69) is 242 Å². The van der Waals surface area contributed by atoms with E-state index < -0.39 is 5.41 Å². The van der Waals surface area contributed by atoms with Crippen LogP contribution in [-0.2, 0) is 10.8 Å². The molecule has 0 N–H and O–H groups in total. The van der Waals surface area contributed by atoms with Crippen LogP contribution in [-0.4, -0.2) is 0 Å². The molecule has 0 spiro atoms. The number of para-hydroxylation sites is 1. The molecule has 10 aromatic carbocycles. The lowest BCUT2D eigenvalue weighted by Gasteiger charge is -2.34. The summed E-state index contributed by atoms with van der Waals surface area (Å²) in [6, 6.07) is 89.4. The minimum absolute atomic E-state index is 0.361. The van der Waals surface area contributed by atoms with Gasteiger partial charge in [-0.15, -0.1) is 0 Å². The topological polar surface area (TPSA) is 16.4 Å². The lowest BCUT2D eigenvalue weighted by molar-refractivity contribution is 0.669. The van der Waals surface area contributed by atoms with Gasteiger partial charge in [-0.1, -0.05) is 194 Å². The van der Waals surface area contributed by atoms with Gasteiger partial charge < -0.3 is 9.32 Å². The van der Waals surface area contributed by atoms with Gasteiger partial charge in [0.15, 0.2) is 0 Å². The van der Waals surface area contributed by atoms with Crippen LogP contribution in [0.4, 0.5) is 17.1 Å². The van der Waals surface area contributed by atoms with Crippen LogP contribution in [0.2, 0.25) is 0 Å². The summed E-state index contributed by atoms with van der Waals surface area (Å²) in [5.41, 5.74) is 20.5. The van der Waals surface area contributed by atoms with Crippen LogP contribution in [0, 0.1) is 0 Å². The molecule has 1 atom stereocenters. The highest BCUT2D eigenvalue weighted by molar-refractivity contribution is 6.06. The Labute approximate surface area is 379 Å². The Bertz CT molecular complexity index is 3580. The maximum atomic E-state index is 6.27. The second kappa shape index (κ2) is 14.4. The number of fused-ring (bicyclic) bond motifs is 9. The van der Waals surface area contributed by atoms with Crippen molar-refractivity contribution in [1.29, 1.82) is 0 Å². The molecule has 0 saturated carbocycles. The number of hydrogen-bond donors (Lipinski definition) is 0. The van der Waals surface area contributed by atoms with E-state index in [1.165, 1.54) is 61.2 Å². The number of benzene rings is 10. The molecule has 2 nitrogen and oxygen atoms in total. The SMILES string of the molecule is CC1(c2ccccc2)c2ccccc2-c2ccc(N(c3cccc(-c4ccc5oc6ccccc6c5c4)c3)c3cccc4c3-c3ccccc3C4(c3ccccc3)c3ccccc3)cc21. The highest BCUT2D eigenvalue weighted by Crippen LogP contribution is 2.60. The van der Waals surface area contributed by atoms with E-state index >= 15 is 0 Å². The number of hydrogen-bond acceptors (Lipinski definition) is 2. The number of anilines is 3. The largest absolute Gasteiger partial charge is 0.456 e. The average molecular weight is 830 g/mol. The fourth-order valence-corrected chi connectivity index (χ4v) is 11.5. The molecule has 2 aliphatic rings. The molecule has 0 radical (unpaired) electrons. The third kappa shape index (κ3) is 5.41. The smallest absolute Gasteiger partial charge is 0.135 e. The highest BCUT2D eigenvalue weighted by Gasteiger charge is 2.47. The Morgan fingerprint density at radius 2 is 0.923 bits per heavy atom. The minimum Gasteiger partial charge on any atom is -0.456 e. The normalized spacial score (nSPS) is 15.3. The molecule has 65 heavy (non-hydrogen) atoms. The van der Waals surface area contributed by atoms with Crippen molar-refractivity contribution < 1.29 is 4.42 Å². The summed E-state index contributed by atoms with van der Waals surface area (Å²) in [6.45, 7) is 2.40. The molecular weight excluding hydrogens is 787 g/mol. The molecule has 0 aliphatic heterocycles. The van der Waals surface area contributed by atoms with Crippen LogP contribution in [0.25, 0.3) is 55.3 Å². The molecule has 1 heterocycles. The molecule has 0 bridgehead atoms. The third-order valence-electron chi connectivity index (χ3n) is 14.4. The van der Waals surface area contributed by atoms with E-state index in [9.17, 15) is 0 Å². The van der Waals surface area contributed by atoms with E-state index in [1.54, 1.807) is 0 Å². The van der Waals surface area contributed by atoms with Gasteiger partial charge in [0.25, 0.3) is 0 Å². The molecule has 1 unspecified atom stereocenters. The van der Waals surface area contributed by atoms with E-state index in [0.29, 0.717) is 0 Å². The molecule has 13 rings (SSSR count). The van der Waals surface area contributed by atoms with E-state index in [4.69, 9.17) is 4.42 Å². The first kappa shape index (κ1) is 37.4. The van der Waals surface area contributed by atoms with Crippen molar-refractivity contribution in [3.8, 4) is 33.4 Å². The Hall–Kier alpha value is -8.20. The molecule has 11 aromatic rings. The van der Waals surface area contributed by atoms with E-state index in [0.717, 1.165) is 50.1 Å². The summed E-state index contributed by atoms with van der Waals surface area (Å²) in [4.78, 5) is 2.52. The van der Waals surface area contributed by atoms with Gasteiger partial charge in [-0.05, 0) is 122 Å². The van der Waals surface area contributed by atoms with Crippen LogP contribution < -0.4 is 4.90 Å². The van der Waals surface area contributed by atoms with Gasteiger partial charge in [0.05, 0.1) is 11.1 Å². The summed E-state index contributed by atoms with van der Waals surface area (Å²) < 4.78 is 6.27. The zero-order chi connectivity index (χ0) is 43.1. The Morgan fingerprint density at radius 3 is 1.69 bits per heavy atom. The Kier molecular flexibility index (Phi) is 8.29. The van der Waals surface area contributed by atoms with Gasteiger partial charge >= 0.3 is 0 Å². The predicted molar refractivity (Wildman–Crippen MR) is 269 cm³/mol. The molecule has 0 amide bonds. The lowest BCUT2D eigenvalue weighted by atomic mass is 9.68. The van der Waals surface area contributed by atoms with Crippen molar-refractivity contribution in [2.45, 2.75) is 17.8 Å². The fraction of sp³-hybridized carbons (Fsp3) is 0.0476. The van der Waals surface area contributed by atoms with Gasteiger partial charge in [-0.3, -0.25) is 0 Å². The third-order valence-corrected chi connectivity index (χ3v) is 14.4. The maximum Gasteiger partial charge on any atom is 0.135 e. The molecule has 0 saturated heterocycles. The van der Waals surface area contributed by atoms with Crippen molar-refractivity contribution in [2.75, 3.05) is 4.90 Å². The van der Waals surface area contributed by atoms with Crippen LogP contribution in [0.5, 0.6) is 0 Å². The monoisotopic (exact) mass is 829 g/mol. The molecule has 2 heteroatoms. The van der Waals surface area contributed by atoms with Gasteiger partial charge in [0.1, 0.15) is 11.2 Å². The first-order valence-electron chi connectivity index (χ1n) is 22.6. The maximum absolute atomic E-state index is 6.27. The van der Waals surface area contributed by atoms with Crippen molar-refractivity contribution in [3.05, 3.63) is 282 Å². The number of nitrogens with zero attached hydrogens (tertiary/aromatic N) is 1. The first-order valence-corrected chi connectivity index (χ1v) is 22.6. The summed E-state index contributed by atoms with van der Waals surface area (Å²) in [5, 5.41) is 2.25. The minimum atomic E-state index is -0.536. The van der Waals surface area contributed by atoms with Crippen molar-refractivity contribution in [1.82, 2.24) is 0 Å². The molecule has 0 fully saturated rings. The molecule has 2 aliphatic carbocycles. The van der Waals surface area contributed by atoms with Crippen LogP contribution in [0.1, 0.15) is 45.9 Å². The molecule has 1 aromatic heterocycles. The summed E-state index contributed by atoms with van der Waals surface area (Å²) in [5.74, 6) is 0. The Balaban J connectivity index is 1.08. The quantitative estimate of drug-likeness (QED) is 0.159. The number of furan rings is 1. The summed E-state index contributed by atoms with van der Waals surface area (Å²) >= 11 is 0. The molecule has 306 valence electrons. The van der Waals surface area contributed by atoms with Crippen LogP contribution in [0.3, 0.4) is 0 Å². The average Bonchev–Trinajstić information content (AvgIpc) is 4.00. The zero-order valence-corrected chi connectivity index (χ0v) is 35.9. The standard InChI is InChI=1S/C63H43NO/c1-62(44-20-5-2-6-21-44)54-30-14-11-27-49(54)50-37-36-48(41-57(50)62)64(47-26-17-19-42(39-47)43-35-38-60-53(40-43)51-28-13-16-34-59(51)65-60)58-33-18-32-56-61(58)52-29-12-15-31-55(52)63(56,45-22-7-3-8-23-45)46-24-9-4-10-25-46/h2-41H,1H3. The van der Waals surface area contributed by atoms with Crippen molar-refractivity contribution in [3.63, 3.8) is 0 Å². The van der Waals surface area contributed by atoms with Crippen LogP contribution in [0.15, 0.2) is 247 Å². The zero-order valence-electron chi connectivity index (χ0n) is 35.9. The first-order chi connectivity index (χ1) is 32.1. The second-order valence-electron chi connectivity index (χ2n) is 17.7. The Morgan fingerprint density at radius 1 is 0.354 bits per heavy atom.